The first-order chi connectivity index (χ1) is 10.3. The molecule has 1 rings (SSSR count). The molecule has 0 bridgehead atoms. The number of aliphatic carboxylic acids is 1. The summed E-state index contributed by atoms with van der Waals surface area (Å²) < 4.78 is 0. The molecule has 0 radical (unpaired) electrons. The molecule has 0 aromatic heterocycles. The Morgan fingerprint density at radius 1 is 1.23 bits per heavy atom. The van der Waals surface area contributed by atoms with Crippen LogP contribution in [0, 0.1) is 0 Å². The topological polar surface area (TPSA) is 121 Å². The quantitative estimate of drug-likeness (QED) is 0.639. The molecule has 120 valence electrons. The number of hydrogen-bond donors (Lipinski definition) is 3. The van der Waals surface area contributed by atoms with Gasteiger partial charge in [0.2, 0.25) is 11.8 Å². The third-order valence-corrected chi connectivity index (χ3v) is 2.95. The van der Waals surface area contributed by atoms with Crippen molar-refractivity contribution in [3.63, 3.8) is 0 Å². The van der Waals surface area contributed by atoms with Gasteiger partial charge in [-0.1, -0.05) is 30.3 Å². The molecule has 0 heterocycles. The number of carboxylic acid groups (broad SMARTS) is 1. The summed E-state index contributed by atoms with van der Waals surface area (Å²) in [5, 5.41) is 18.1. The Kier molecular flexibility index (Phi) is 6.68. The number of hydrogen-bond acceptors (Lipinski definition) is 5. The van der Waals surface area contributed by atoms with Gasteiger partial charge in [-0.05, 0) is 18.9 Å². The van der Waals surface area contributed by atoms with Gasteiger partial charge in [-0.3, -0.25) is 19.3 Å². The number of amides is 2. The lowest BCUT2D eigenvalue weighted by Crippen LogP contribution is -2.50. The van der Waals surface area contributed by atoms with Crippen LogP contribution < -0.4 is 5.73 Å². The Morgan fingerprint density at radius 2 is 1.82 bits per heavy atom. The van der Waals surface area contributed by atoms with Crippen molar-refractivity contribution in [2.24, 2.45) is 5.73 Å². The molecule has 0 aliphatic heterocycles. The van der Waals surface area contributed by atoms with Gasteiger partial charge in [-0.2, -0.15) is 0 Å². The van der Waals surface area contributed by atoms with Crippen molar-refractivity contribution < 1.29 is 24.6 Å². The first-order valence-corrected chi connectivity index (χ1v) is 6.84. The van der Waals surface area contributed by atoms with Crippen LogP contribution in [0.5, 0.6) is 0 Å². The lowest BCUT2D eigenvalue weighted by atomic mass is 10.1. The van der Waals surface area contributed by atoms with Gasteiger partial charge in [0.15, 0.2) is 0 Å². The summed E-state index contributed by atoms with van der Waals surface area (Å²) in [6.45, 7) is 0.609. The molecule has 2 unspecified atom stereocenters. The molecular formula is C15H20N2O5. The summed E-state index contributed by atoms with van der Waals surface area (Å²) in [5.41, 5.74) is 6.60. The fourth-order valence-electron chi connectivity index (χ4n) is 1.94. The van der Waals surface area contributed by atoms with E-state index in [2.05, 4.69) is 0 Å². The largest absolute Gasteiger partial charge is 0.480 e. The van der Waals surface area contributed by atoms with Gasteiger partial charge >= 0.3 is 5.97 Å². The zero-order chi connectivity index (χ0) is 16.7. The molecule has 4 N–H and O–H groups in total. The maximum Gasteiger partial charge on any atom is 0.323 e. The van der Waals surface area contributed by atoms with E-state index >= 15 is 0 Å². The summed E-state index contributed by atoms with van der Waals surface area (Å²) in [7, 11) is 0. The minimum Gasteiger partial charge on any atom is -0.480 e. The zero-order valence-electron chi connectivity index (χ0n) is 12.3. The number of nitrogens with two attached hydrogens (primary N) is 1. The third-order valence-electron chi connectivity index (χ3n) is 2.95. The van der Waals surface area contributed by atoms with Crippen molar-refractivity contribution in [3.8, 4) is 0 Å². The number of imide groups is 1. The van der Waals surface area contributed by atoms with Gasteiger partial charge in [0.05, 0.1) is 18.6 Å². The van der Waals surface area contributed by atoms with Crippen molar-refractivity contribution in [2.75, 3.05) is 6.54 Å². The fraction of sp³-hybridized carbons (Fsp3) is 0.400. The molecule has 2 atom stereocenters. The van der Waals surface area contributed by atoms with E-state index in [9.17, 15) is 19.5 Å². The highest BCUT2D eigenvalue weighted by Gasteiger charge is 2.29. The molecule has 0 saturated heterocycles. The second-order valence-electron chi connectivity index (χ2n) is 5.06. The third kappa shape index (κ3) is 5.63. The average Bonchev–Trinajstić information content (AvgIpc) is 2.44. The number of benzene rings is 1. The molecule has 0 fully saturated rings. The average molecular weight is 308 g/mol. The first kappa shape index (κ1) is 17.8. The maximum absolute atomic E-state index is 12.2. The Morgan fingerprint density at radius 3 is 2.32 bits per heavy atom. The van der Waals surface area contributed by atoms with E-state index in [-0.39, 0.29) is 12.8 Å². The lowest BCUT2D eigenvalue weighted by Gasteiger charge is -2.23. The molecule has 0 aliphatic carbocycles. The summed E-state index contributed by atoms with van der Waals surface area (Å²) in [4.78, 5) is 35.6. The molecule has 22 heavy (non-hydrogen) atoms. The number of rotatable bonds is 7. The zero-order valence-corrected chi connectivity index (χ0v) is 12.3. The Balaban J connectivity index is 2.81. The smallest absolute Gasteiger partial charge is 0.323 e. The van der Waals surface area contributed by atoms with Crippen LogP contribution in [0.3, 0.4) is 0 Å². The molecule has 0 spiro atoms. The van der Waals surface area contributed by atoms with E-state index < -0.39 is 36.5 Å². The predicted molar refractivity (Wildman–Crippen MR) is 78.8 cm³/mol. The molecular weight excluding hydrogens is 288 g/mol. The van der Waals surface area contributed by atoms with Crippen LogP contribution in [-0.4, -0.2) is 51.6 Å². The van der Waals surface area contributed by atoms with Crippen LogP contribution >= 0.6 is 0 Å². The van der Waals surface area contributed by atoms with Crippen molar-refractivity contribution >= 4 is 17.8 Å². The van der Waals surface area contributed by atoms with Crippen LogP contribution in [0.1, 0.15) is 18.9 Å². The van der Waals surface area contributed by atoms with Gasteiger partial charge in [0, 0.05) is 0 Å². The minimum atomic E-state index is -1.32. The minimum absolute atomic E-state index is 0.192. The second kappa shape index (κ2) is 8.26. The number of carbonyl (C=O) groups excluding carboxylic acids is 2. The molecule has 7 heteroatoms. The van der Waals surface area contributed by atoms with Gasteiger partial charge in [0.1, 0.15) is 6.54 Å². The maximum atomic E-state index is 12.2. The fourth-order valence-corrected chi connectivity index (χ4v) is 1.94. The van der Waals surface area contributed by atoms with Crippen LogP contribution in [0.2, 0.25) is 0 Å². The standard InChI is InChI=1S/C15H20N2O5/c1-10(18)7-13(19)17(9-14(20)21)15(22)12(16)8-11-5-3-2-4-6-11/h2-6,10,12,18H,7-9,16H2,1H3,(H,20,21). The number of carboxylic acids is 1. The highest BCUT2D eigenvalue weighted by molar-refractivity contribution is 6.00. The van der Waals surface area contributed by atoms with E-state index in [0.717, 1.165) is 5.56 Å². The van der Waals surface area contributed by atoms with Gasteiger partial charge in [-0.15, -0.1) is 0 Å². The SMILES string of the molecule is CC(O)CC(=O)N(CC(=O)O)C(=O)C(N)Cc1ccccc1. The first-order valence-electron chi connectivity index (χ1n) is 6.84. The number of aliphatic hydroxyl groups excluding tert-OH is 1. The van der Waals surface area contributed by atoms with E-state index in [1.165, 1.54) is 6.92 Å². The van der Waals surface area contributed by atoms with Crippen molar-refractivity contribution in [2.45, 2.75) is 31.9 Å². The highest BCUT2D eigenvalue weighted by Crippen LogP contribution is 2.07. The Bertz CT molecular complexity index is 530. The van der Waals surface area contributed by atoms with Crippen molar-refractivity contribution in [1.82, 2.24) is 4.90 Å². The van der Waals surface area contributed by atoms with Crippen LogP contribution in [0.4, 0.5) is 0 Å². The summed E-state index contributed by atoms with van der Waals surface area (Å²) in [6.07, 6.45) is -1.11. The monoisotopic (exact) mass is 308 g/mol. The second-order valence-corrected chi connectivity index (χ2v) is 5.06. The number of carbonyl (C=O) groups is 3. The Labute approximate surface area is 128 Å². The molecule has 0 saturated carbocycles. The van der Waals surface area contributed by atoms with Crippen LogP contribution in [0.25, 0.3) is 0 Å². The van der Waals surface area contributed by atoms with Crippen LogP contribution in [-0.2, 0) is 20.8 Å². The predicted octanol–water partition coefficient (Wildman–Crippen LogP) is -0.233. The van der Waals surface area contributed by atoms with Gasteiger partial charge < -0.3 is 15.9 Å². The van der Waals surface area contributed by atoms with Gasteiger partial charge in [-0.25, -0.2) is 0 Å². The molecule has 1 aromatic rings. The van der Waals surface area contributed by atoms with Gasteiger partial charge in [0.25, 0.3) is 0 Å². The van der Waals surface area contributed by atoms with E-state index in [1.54, 1.807) is 24.3 Å². The summed E-state index contributed by atoms with van der Waals surface area (Å²) in [5.74, 6) is -2.85. The summed E-state index contributed by atoms with van der Waals surface area (Å²) >= 11 is 0. The van der Waals surface area contributed by atoms with Crippen LogP contribution in [0.15, 0.2) is 30.3 Å². The molecule has 1 aromatic carbocycles. The van der Waals surface area contributed by atoms with E-state index in [1.807, 2.05) is 6.07 Å². The lowest BCUT2D eigenvalue weighted by molar-refractivity contribution is -0.153. The molecule has 7 nitrogen and oxygen atoms in total. The Hall–Kier alpha value is -2.25. The highest BCUT2D eigenvalue weighted by atomic mass is 16.4. The van der Waals surface area contributed by atoms with E-state index in [4.69, 9.17) is 10.8 Å². The molecule has 2 amide bonds. The summed E-state index contributed by atoms with van der Waals surface area (Å²) in [6, 6.07) is 7.94. The van der Waals surface area contributed by atoms with Crippen molar-refractivity contribution in [1.29, 1.82) is 0 Å². The van der Waals surface area contributed by atoms with Crippen molar-refractivity contribution in [3.05, 3.63) is 35.9 Å². The number of nitrogens with zero attached hydrogens (tertiary/aromatic N) is 1. The van der Waals surface area contributed by atoms with E-state index in [0.29, 0.717) is 4.90 Å². The normalized spacial score (nSPS) is 13.2. The molecule has 0 aliphatic rings. The number of aliphatic hydroxyl groups is 1.